The summed E-state index contributed by atoms with van der Waals surface area (Å²) in [6, 6.07) is 4.44. The second-order valence-corrected chi connectivity index (χ2v) is 5.35. The Bertz CT molecular complexity index is 509. The first-order chi connectivity index (χ1) is 9.02. The summed E-state index contributed by atoms with van der Waals surface area (Å²) in [7, 11) is 0. The number of nitrogens with one attached hydrogen (secondary N) is 1. The third-order valence-electron chi connectivity index (χ3n) is 2.71. The number of rotatable bonds is 4. The molecule has 1 rings (SSSR count). The highest BCUT2D eigenvalue weighted by Gasteiger charge is 2.30. The minimum atomic E-state index is -4.38. The van der Waals surface area contributed by atoms with Gasteiger partial charge in [0.1, 0.15) is 0 Å². The maximum atomic E-state index is 12.4. The molecule has 0 aliphatic heterocycles. The molecule has 1 aromatic carbocycles. The number of alkyl halides is 3. The van der Waals surface area contributed by atoms with Crippen molar-refractivity contribution in [2.75, 3.05) is 0 Å². The minimum Gasteiger partial charge on any atom is -0.391 e. The molecule has 0 saturated carbocycles. The molecule has 0 radical (unpaired) electrons. The molecule has 0 fully saturated rings. The maximum Gasteiger partial charge on any atom is 0.416 e. The molecule has 1 aromatic rings. The third kappa shape index (κ3) is 4.48. The average Bonchev–Trinajstić information content (AvgIpc) is 2.27. The Morgan fingerprint density at radius 3 is 2.15 bits per heavy atom. The van der Waals surface area contributed by atoms with E-state index in [1.54, 1.807) is 13.8 Å². The summed E-state index contributed by atoms with van der Waals surface area (Å²) in [4.78, 5) is 11.9. The minimum absolute atomic E-state index is 0.0375. The number of halogens is 3. The Morgan fingerprint density at radius 2 is 1.75 bits per heavy atom. The van der Waals surface area contributed by atoms with Gasteiger partial charge < -0.3 is 11.1 Å². The molecule has 0 spiro atoms. The summed E-state index contributed by atoms with van der Waals surface area (Å²) in [5.74, 6) is -0.359. The molecule has 0 heterocycles. The molecule has 0 atom stereocenters. The zero-order valence-corrected chi connectivity index (χ0v) is 11.9. The maximum absolute atomic E-state index is 12.4. The first-order valence-corrected chi connectivity index (χ1v) is 6.20. The zero-order chi connectivity index (χ0) is 15.6. The van der Waals surface area contributed by atoms with E-state index in [1.807, 2.05) is 0 Å². The van der Waals surface area contributed by atoms with Crippen molar-refractivity contribution in [3.63, 3.8) is 0 Å². The van der Waals surface area contributed by atoms with Crippen LogP contribution >= 0.6 is 12.2 Å². The molecule has 3 N–H and O–H groups in total. The molecular formula is C13H15F3N2OS. The molecule has 110 valence electrons. The Labute approximate surface area is 120 Å². The van der Waals surface area contributed by atoms with Gasteiger partial charge in [0.05, 0.1) is 22.5 Å². The van der Waals surface area contributed by atoms with Crippen molar-refractivity contribution in [1.82, 2.24) is 5.32 Å². The van der Waals surface area contributed by atoms with Crippen LogP contribution in [-0.4, -0.2) is 16.4 Å². The smallest absolute Gasteiger partial charge is 0.391 e. The molecule has 20 heavy (non-hydrogen) atoms. The summed E-state index contributed by atoms with van der Waals surface area (Å²) in [5.41, 5.74) is 4.37. The lowest BCUT2D eigenvalue weighted by Crippen LogP contribution is -2.52. The van der Waals surface area contributed by atoms with Gasteiger partial charge in [-0.05, 0) is 31.5 Å². The van der Waals surface area contributed by atoms with E-state index in [0.29, 0.717) is 5.56 Å². The SMILES string of the molecule is CC(C)(NC(=O)Cc1ccc(C(F)(F)F)cc1)C(N)=S. The molecule has 0 saturated heterocycles. The van der Waals surface area contributed by atoms with Crippen LogP contribution in [0.4, 0.5) is 13.2 Å². The van der Waals surface area contributed by atoms with E-state index in [9.17, 15) is 18.0 Å². The lowest BCUT2D eigenvalue weighted by Gasteiger charge is -2.24. The fourth-order valence-electron chi connectivity index (χ4n) is 1.45. The summed E-state index contributed by atoms with van der Waals surface area (Å²) in [6.07, 6.45) is -4.42. The first-order valence-electron chi connectivity index (χ1n) is 5.79. The predicted molar refractivity (Wildman–Crippen MR) is 74.2 cm³/mol. The number of amides is 1. The average molecular weight is 304 g/mol. The van der Waals surface area contributed by atoms with E-state index in [-0.39, 0.29) is 17.3 Å². The van der Waals surface area contributed by atoms with Crippen molar-refractivity contribution in [3.05, 3.63) is 35.4 Å². The topological polar surface area (TPSA) is 55.1 Å². The third-order valence-corrected chi connectivity index (χ3v) is 3.22. The van der Waals surface area contributed by atoms with E-state index in [2.05, 4.69) is 5.32 Å². The molecule has 0 bridgehead atoms. The number of carbonyl (C=O) groups is 1. The van der Waals surface area contributed by atoms with Crippen molar-refractivity contribution in [3.8, 4) is 0 Å². The summed E-state index contributed by atoms with van der Waals surface area (Å²) >= 11 is 4.81. The van der Waals surface area contributed by atoms with Gasteiger partial charge in [0.25, 0.3) is 0 Å². The fraction of sp³-hybridized carbons (Fsp3) is 0.385. The summed E-state index contributed by atoms with van der Waals surface area (Å²) in [5, 5.41) is 2.62. The van der Waals surface area contributed by atoms with Crippen LogP contribution < -0.4 is 11.1 Å². The van der Waals surface area contributed by atoms with E-state index < -0.39 is 17.3 Å². The van der Waals surface area contributed by atoms with Crippen molar-refractivity contribution in [2.45, 2.75) is 32.0 Å². The number of carbonyl (C=O) groups excluding carboxylic acids is 1. The number of benzene rings is 1. The highest BCUT2D eigenvalue weighted by atomic mass is 32.1. The van der Waals surface area contributed by atoms with Crippen LogP contribution in [-0.2, 0) is 17.4 Å². The van der Waals surface area contributed by atoms with Gasteiger partial charge in [-0.25, -0.2) is 0 Å². The van der Waals surface area contributed by atoms with Crippen LogP contribution in [0.2, 0.25) is 0 Å². The van der Waals surface area contributed by atoms with Crippen LogP contribution in [0.15, 0.2) is 24.3 Å². The normalized spacial score (nSPS) is 12.1. The molecule has 0 aromatic heterocycles. The number of hydrogen-bond acceptors (Lipinski definition) is 2. The van der Waals surface area contributed by atoms with E-state index in [0.717, 1.165) is 12.1 Å². The van der Waals surface area contributed by atoms with Crippen LogP contribution in [0, 0.1) is 0 Å². The number of nitrogens with two attached hydrogens (primary N) is 1. The Hall–Kier alpha value is -1.63. The van der Waals surface area contributed by atoms with Crippen molar-refractivity contribution in [2.24, 2.45) is 5.73 Å². The van der Waals surface area contributed by atoms with Gasteiger partial charge in [0, 0.05) is 0 Å². The number of hydrogen-bond donors (Lipinski definition) is 2. The molecule has 3 nitrogen and oxygen atoms in total. The molecule has 0 unspecified atom stereocenters. The van der Waals surface area contributed by atoms with Crippen LogP contribution in [0.25, 0.3) is 0 Å². The van der Waals surface area contributed by atoms with E-state index in [4.69, 9.17) is 18.0 Å². The zero-order valence-electron chi connectivity index (χ0n) is 11.0. The number of thiocarbonyl (C=S) groups is 1. The second-order valence-electron chi connectivity index (χ2n) is 4.91. The van der Waals surface area contributed by atoms with Crippen molar-refractivity contribution >= 4 is 23.1 Å². The lowest BCUT2D eigenvalue weighted by atomic mass is 10.0. The standard InChI is InChI=1S/C13H15F3N2OS/c1-12(2,11(17)20)18-10(19)7-8-3-5-9(6-4-8)13(14,15)16/h3-6H,7H2,1-2H3,(H2,17,20)(H,18,19). The van der Waals surface area contributed by atoms with Crippen molar-refractivity contribution in [1.29, 1.82) is 0 Å². The van der Waals surface area contributed by atoms with E-state index in [1.165, 1.54) is 12.1 Å². The summed E-state index contributed by atoms with van der Waals surface area (Å²) < 4.78 is 37.2. The van der Waals surface area contributed by atoms with E-state index >= 15 is 0 Å². The van der Waals surface area contributed by atoms with Gasteiger partial charge in [0.15, 0.2) is 0 Å². The van der Waals surface area contributed by atoms with Gasteiger partial charge in [-0.1, -0.05) is 24.4 Å². The molecule has 1 amide bonds. The van der Waals surface area contributed by atoms with Crippen LogP contribution in [0.1, 0.15) is 25.0 Å². The van der Waals surface area contributed by atoms with Gasteiger partial charge in [-0.15, -0.1) is 0 Å². The van der Waals surface area contributed by atoms with Crippen molar-refractivity contribution < 1.29 is 18.0 Å². The Morgan fingerprint density at radius 1 is 1.25 bits per heavy atom. The first kappa shape index (κ1) is 16.4. The quantitative estimate of drug-likeness (QED) is 0.840. The van der Waals surface area contributed by atoms with Gasteiger partial charge in [-0.3, -0.25) is 4.79 Å². The summed E-state index contributed by atoms with van der Waals surface area (Å²) in [6.45, 7) is 3.31. The van der Waals surface area contributed by atoms with Crippen LogP contribution in [0.3, 0.4) is 0 Å². The van der Waals surface area contributed by atoms with Crippen LogP contribution in [0.5, 0.6) is 0 Å². The van der Waals surface area contributed by atoms with Gasteiger partial charge in [-0.2, -0.15) is 13.2 Å². The fourth-order valence-corrected chi connectivity index (χ4v) is 1.50. The second kappa shape index (κ2) is 5.78. The lowest BCUT2D eigenvalue weighted by molar-refractivity contribution is -0.137. The molecule has 0 aliphatic rings. The molecule has 7 heteroatoms. The monoisotopic (exact) mass is 304 g/mol. The van der Waals surface area contributed by atoms with Gasteiger partial charge in [0.2, 0.25) is 5.91 Å². The predicted octanol–water partition coefficient (Wildman–Crippen LogP) is 2.43. The van der Waals surface area contributed by atoms with Gasteiger partial charge >= 0.3 is 6.18 Å². The Balaban J connectivity index is 2.70. The molecular weight excluding hydrogens is 289 g/mol. The molecule has 0 aliphatic carbocycles. The largest absolute Gasteiger partial charge is 0.416 e. The Kier molecular flexibility index (Phi) is 4.75. The highest BCUT2D eigenvalue weighted by Crippen LogP contribution is 2.29. The highest BCUT2D eigenvalue weighted by molar-refractivity contribution is 7.80.